The summed E-state index contributed by atoms with van der Waals surface area (Å²) in [5.41, 5.74) is 37.0. The molecule has 1 aliphatic carbocycles. The van der Waals surface area contributed by atoms with Gasteiger partial charge in [0.1, 0.15) is 79.1 Å². The summed E-state index contributed by atoms with van der Waals surface area (Å²) in [4.78, 5) is 200. The molecule has 133 heavy (non-hydrogen) atoms. The fourth-order valence-corrected chi connectivity index (χ4v) is 17.4. The largest absolute Gasteiger partial charge is 0.480 e. The van der Waals surface area contributed by atoms with Crippen LogP contribution in [0.25, 0.3) is 32.9 Å². The maximum absolute atomic E-state index is 15.6. The molecule has 1 saturated heterocycles. The number of ether oxygens (including phenoxy) is 1. The van der Waals surface area contributed by atoms with Crippen LogP contribution in [0.15, 0.2) is 140 Å². The van der Waals surface area contributed by atoms with Gasteiger partial charge in [-0.05, 0) is 217 Å². The van der Waals surface area contributed by atoms with Crippen LogP contribution in [0.4, 0.5) is 4.79 Å². The van der Waals surface area contributed by atoms with Gasteiger partial charge >= 0.3 is 12.1 Å². The van der Waals surface area contributed by atoms with Crippen molar-refractivity contribution in [1.82, 2.24) is 73.4 Å². The van der Waals surface area contributed by atoms with Crippen molar-refractivity contribution in [2.24, 2.45) is 46.4 Å². The Morgan fingerprint density at radius 3 is 1.20 bits per heavy atom. The number of alkyl carbamates (subject to hydrolysis) is 1. The number of para-hydroxylation sites is 2. The summed E-state index contributed by atoms with van der Waals surface area (Å²) < 4.78 is 5.92. The number of nitrogens with two attached hydrogens (primary N) is 5. The van der Waals surface area contributed by atoms with Crippen LogP contribution in [-0.4, -0.2) is 215 Å². The molecule has 0 unspecified atom stereocenters. The van der Waals surface area contributed by atoms with Crippen LogP contribution in [0.2, 0.25) is 0 Å². The number of nitrogens with one attached hydrogen (secondary N) is 13. The number of likely N-dealkylation sites (tertiary alicyclic amines) is 1. The van der Waals surface area contributed by atoms with Crippen molar-refractivity contribution in [2.45, 2.75) is 268 Å². The van der Waals surface area contributed by atoms with E-state index in [4.69, 9.17) is 33.4 Å². The molecule has 5 aromatic carbocycles. The van der Waals surface area contributed by atoms with Crippen LogP contribution in [0.1, 0.15) is 204 Å². The Morgan fingerprint density at radius 2 is 0.767 bits per heavy atom. The van der Waals surface area contributed by atoms with E-state index in [0.29, 0.717) is 112 Å². The van der Waals surface area contributed by atoms with Gasteiger partial charge in [-0.15, -0.1) is 0 Å². The van der Waals surface area contributed by atoms with E-state index in [9.17, 15) is 33.9 Å². The molecular formula is C99H141N19O15. The number of nitrogens with zero attached hydrogens (tertiary/aromatic N) is 1. The highest BCUT2D eigenvalue weighted by Crippen LogP contribution is 2.45. The summed E-state index contributed by atoms with van der Waals surface area (Å²) in [6.07, 6.45) is 7.95. The fraction of sp³-hybridized carbons (Fsp3) is 0.525. The van der Waals surface area contributed by atoms with Crippen LogP contribution in [0, 0.1) is 17.8 Å². The predicted molar refractivity (Wildman–Crippen MR) is 511 cm³/mol. The molecule has 1 aliphatic heterocycles. The molecule has 24 N–H and O–H groups in total. The molecule has 3 heterocycles. The lowest BCUT2D eigenvalue weighted by Gasteiger charge is -2.33. The van der Waals surface area contributed by atoms with Gasteiger partial charge in [-0.1, -0.05) is 170 Å². The van der Waals surface area contributed by atoms with E-state index in [1.54, 1.807) is 26.2 Å². The number of carbonyl (C=O) groups excluding carboxylic acids is 12. The molecule has 1 fully saturated rings. The summed E-state index contributed by atoms with van der Waals surface area (Å²) in [6, 6.07) is 24.0. The molecular weight excluding hydrogens is 1700 g/mol. The first-order chi connectivity index (χ1) is 64.1. The molecule has 2 aliphatic rings. The average Bonchev–Trinajstić information content (AvgIpc) is 1.61. The highest BCUT2D eigenvalue weighted by Gasteiger charge is 2.43. The summed E-state index contributed by atoms with van der Waals surface area (Å²) in [6.45, 7) is 12.4. The smallest absolute Gasteiger partial charge is 0.407 e. The molecule has 0 radical (unpaired) electrons. The molecule has 34 nitrogen and oxygen atoms in total. The van der Waals surface area contributed by atoms with Gasteiger partial charge in [-0.2, -0.15) is 0 Å². The number of H-pyrrole nitrogens is 2. The minimum atomic E-state index is -1.48. The number of rotatable bonds is 57. The maximum atomic E-state index is 15.6. The van der Waals surface area contributed by atoms with Crippen molar-refractivity contribution in [3.8, 4) is 11.1 Å². The van der Waals surface area contributed by atoms with Crippen molar-refractivity contribution in [3.63, 3.8) is 0 Å². The van der Waals surface area contributed by atoms with Gasteiger partial charge in [0.2, 0.25) is 65.0 Å². The molecule has 0 saturated carbocycles. The molecule has 7 aromatic rings. The number of benzene rings is 5. The van der Waals surface area contributed by atoms with Crippen LogP contribution in [-0.2, 0) is 81.5 Å². The van der Waals surface area contributed by atoms with Crippen molar-refractivity contribution in [2.75, 3.05) is 45.9 Å². The fourth-order valence-electron chi connectivity index (χ4n) is 17.4. The number of carbonyl (C=O) groups is 13. The van der Waals surface area contributed by atoms with Crippen LogP contribution < -0.4 is 87.2 Å². The Morgan fingerprint density at radius 1 is 0.406 bits per heavy atom. The number of carboxylic acid groups (broad SMARTS) is 1. The number of carboxylic acids is 1. The molecule has 0 bridgehead atoms. The van der Waals surface area contributed by atoms with Gasteiger partial charge in [0, 0.05) is 65.9 Å². The van der Waals surface area contributed by atoms with E-state index < -0.39 is 161 Å². The van der Waals surface area contributed by atoms with Gasteiger partial charge in [0.25, 0.3) is 0 Å². The lowest BCUT2D eigenvalue weighted by Crippen LogP contribution is -2.62. The van der Waals surface area contributed by atoms with Gasteiger partial charge in [-0.25, -0.2) is 9.59 Å². The second kappa shape index (κ2) is 53.6. The van der Waals surface area contributed by atoms with E-state index >= 15 is 33.6 Å². The molecule has 34 heteroatoms. The second-order valence-corrected chi connectivity index (χ2v) is 35.7. The number of aliphatic carboxylic acids is 1. The quantitative estimate of drug-likeness (QED) is 0.0186. The molecule has 14 atom stereocenters. The van der Waals surface area contributed by atoms with Gasteiger partial charge in [0.15, 0.2) is 0 Å². The Labute approximate surface area is 779 Å². The number of aromatic nitrogens is 2. The van der Waals surface area contributed by atoms with Crippen molar-refractivity contribution in [3.05, 3.63) is 168 Å². The highest BCUT2D eigenvalue weighted by molar-refractivity contribution is 6.01. The first-order valence-corrected chi connectivity index (χ1v) is 47.5. The third-order valence-electron chi connectivity index (χ3n) is 25.3. The maximum Gasteiger partial charge on any atom is 0.407 e. The first kappa shape index (κ1) is 105. The minimum Gasteiger partial charge on any atom is -0.480 e. The lowest BCUT2D eigenvalue weighted by atomic mass is 9.94. The Bertz CT molecular complexity index is 4960. The van der Waals surface area contributed by atoms with Crippen molar-refractivity contribution >= 4 is 98.8 Å². The van der Waals surface area contributed by atoms with E-state index in [1.165, 1.54) is 4.90 Å². The number of hydrogen-bond acceptors (Lipinski definition) is 19. The highest BCUT2D eigenvalue weighted by atomic mass is 16.5. The Kier molecular flexibility index (Phi) is 42.1. The summed E-state index contributed by atoms with van der Waals surface area (Å²) in [5, 5.41) is 43.0. The summed E-state index contributed by atoms with van der Waals surface area (Å²) >= 11 is 0. The number of amides is 12. The van der Waals surface area contributed by atoms with E-state index in [2.05, 4.69) is 68.5 Å². The molecule has 2 aromatic heterocycles. The minimum absolute atomic E-state index is 0.00111. The van der Waals surface area contributed by atoms with Gasteiger partial charge < -0.3 is 112 Å². The number of hydrogen-bond donors (Lipinski definition) is 19. The van der Waals surface area contributed by atoms with Crippen LogP contribution in [0.5, 0.6) is 0 Å². The molecule has 9 rings (SSSR count). The third-order valence-corrected chi connectivity index (χ3v) is 25.3. The van der Waals surface area contributed by atoms with Gasteiger partial charge in [-0.3, -0.25) is 52.7 Å². The summed E-state index contributed by atoms with van der Waals surface area (Å²) in [5.74, 6) is -10.9. The Hall–Kier alpha value is -12.1. The molecule has 722 valence electrons. The standard InChI is InChI=1S/C99H141N19O15/c1-7-61(5)85(117-96(128)86(62(6)8-2)116-94(126)84-46-30-52-118(84)97(129)83(53-60(3)4)114-91(123)80(54-63-31-10-9-11-32-63)115-99(132)133-59-72-70-37-14-12-35-68(70)69-36-13-15-38-71(69)72)95(127)110-78(44-23-28-50-103)90(122)113-82(56-65-58-106-74-40-19-17-34-67(65)74)93(125)109-77(43-22-27-49-102)89(121)112-81(55-64-57-105-73-39-18-16-33-66(64)73)92(124)108-75(41-20-25-47-100)87(119)107-76(42-21-26-48-101)88(120)111-79(98(130)131)45-24-29-51-104/h9-19,31-40,57-58,60-62,72,75-86,105-106H,7-8,20-30,41-56,59,100-104H2,1-6H3,(H,107,119)(H,108,124)(H,109,125)(H,110,127)(H,111,120)(H,112,121)(H,113,122)(H,114,123)(H,115,132)(H,116,126)(H,117,128)(H,130,131)/t61-,62-,75-,76-,77-,78-,79-,80-,81-,82-,83-,84-,85-,86-/m0/s1. The van der Waals surface area contributed by atoms with Crippen molar-refractivity contribution in [1.29, 1.82) is 0 Å². The van der Waals surface area contributed by atoms with Crippen LogP contribution in [0.3, 0.4) is 0 Å². The number of aromatic amines is 2. The number of fused-ring (bicyclic) bond motifs is 5. The van der Waals surface area contributed by atoms with Crippen LogP contribution >= 0.6 is 0 Å². The topological polar surface area (TPSA) is 549 Å². The lowest BCUT2D eigenvalue weighted by molar-refractivity contribution is -0.143. The first-order valence-electron chi connectivity index (χ1n) is 47.5. The molecule has 0 spiro atoms. The van der Waals surface area contributed by atoms with E-state index in [-0.39, 0.29) is 115 Å². The SMILES string of the molecule is CC[C@H](C)[C@H](NC(=O)[C@@H](NC(=O)[C@@H]1CCCN1C(=O)[C@H](CC(C)C)NC(=O)[C@H](Cc1ccccc1)NC(=O)OCC1c2ccccc2-c2ccccc21)[C@@H](C)CC)C(=O)N[C@@H](CCCCN)C(=O)N[C@@H](Cc1c[nH]c2ccccc12)C(=O)N[C@@H](CCCCN)C(=O)N[C@@H](Cc1c[nH]c2ccccc12)C(=O)N[C@@H](CCCCN)C(=O)N[C@@H](CCCCN)C(=O)N[C@@H](CCCCN)C(=O)O. The monoisotopic (exact) mass is 1840 g/mol. The summed E-state index contributed by atoms with van der Waals surface area (Å²) in [7, 11) is 0. The molecule has 12 amide bonds. The zero-order valence-corrected chi connectivity index (χ0v) is 77.7. The second-order valence-electron chi connectivity index (χ2n) is 35.7. The average molecular weight is 1840 g/mol. The van der Waals surface area contributed by atoms with Crippen molar-refractivity contribution < 1.29 is 72.2 Å². The zero-order chi connectivity index (χ0) is 96.0. The predicted octanol–water partition coefficient (Wildman–Crippen LogP) is 6.29. The van der Waals surface area contributed by atoms with E-state index in [0.717, 1.165) is 38.7 Å². The number of unbranched alkanes of at least 4 members (excludes halogenated alkanes) is 5. The third kappa shape index (κ3) is 30.5. The van der Waals surface area contributed by atoms with Gasteiger partial charge in [0.05, 0.1) is 0 Å². The zero-order valence-electron chi connectivity index (χ0n) is 77.7. The normalized spacial score (nSPS) is 15.9. The van der Waals surface area contributed by atoms with E-state index in [1.807, 2.05) is 155 Å². The Balaban J connectivity index is 0.925.